The van der Waals surface area contributed by atoms with Gasteiger partial charge < -0.3 is 19.2 Å². The fourth-order valence-electron chi connectivity index (χ4n) is 4.51. The first-order chi connectivity index (χ1) is 18.4. The molecule has 0 saturated heterocycles. The van der Waals surface area contributed by atoms with Crippen LogP contribution in [0.4, 0.5) is 4.39 Å². The number of nitrogens with zero attached hydrogens (tertiary/aromatic N) is 6. The van der Waals surface area contributed by atoms with Crippen LogP contribution in [0, 0.1) is 12.7 Å². The van der Waals surface area contributed by atoms with Crippen LogP contribution >= 0.6 is 0 Å². The number of fused-ring (bicyclic) bond motifs is 2. The lowest BCUT2D eigenvalue weighted by atomic mass is 10.1. The first-order valence-corrected chi connectivity index (χ1v) is 12.3. The largest absolute Gasteiger partial charge is 0.492 e. The fourth-order valence-corrected chi connectivity index (χ4v) is 4.51. The molecule has 0 saturated carbocycles. The van der Waals surface area contributed by atoms with Crippen molar-refractivity contribution >= 4 is 21.9 Å². The molecular weight excluding hydrogens is 483 g/mol. The maximum Gasteiger partial charge on any atom is 0.135 e. The van der Waals surface area contributed by atoms with Gasteiger partial charge in [-0.05, 0) is 57.4 Å². The van der Waals surface area contributed by atoms with Crippen LogP contribution in [-0.2, 0) is 7.05 Å². The minimum absolute atomic E-state index is 0.377. The summed E-state index contributed by atoms with van der Waals surface area (Å²) in [7, 11) is 5.90. The molecule has 9 nitrogen and oxygen atoms in total. The van der Waals surface area contributed by atoms with Crippen LogP contribution in [-0.4, -0.2) is 66.8 Å². The Bertz CT molecular complexity index is 1780. The second-order valence-corrected chi connectivity index (χ2v) is 9.55. The molecule has 5 heterocycles. The summed E-state index contributed by atoms with van der Waals surface area (Å²) in [5, 5.41) is 8.48. The monoisotopic (exact) mass is 510 g/mol. The Morgan fingerprint density at radius 2 is 1.89 bits per heavy atom. The van der Waals surface area contributed by atoms with Crippen LogP contribution in [0.2, 0.25) is 0 Å². The lowest BCUT2D eigenvalue weighted by Crippen LogP contribution is -2.19. The Kier molecular flexibility index (Phi) is 5.88. The van der Waals surface area contributed by atoms with E-state index in [-0.39, 0.29) is 5.82 Å². The highest BCUT2D eigenvalue weighted by Gasteiger charge is 2.17. The van der Waals surface area contributed by atoms with Crippen LogP contribution in [0.15, 0.2) is 54.9 Å². The number of hydrogen-bond acceptors (Lipinski definition) is 6. The maximum atomic E-state index is 14.6. The van der Waals surface area contributed by atoms with Crippen molar-refractivity contribution in [3.63, 3.8) is 0 Å². The van der Waals surface area contributed by atoms with E-state index in [0.29, 0.717) is 29.3 Å². The van der Waals surface area contributed by atoms with Crippen molar-refractivity contribution < 1.29 is 9.13 Å². The zero-order valence-corrected chi connectivity index (χ0v) is 21.6. The van der Waals surface area contributed by atoms with E-state index in [9.17, 15) is 4.39 Å². The molecule has 5 aromatic heterocycles. The Morgan fingerprint density at radius 3 is 2.68 bits per heavy atom. The molecule has 1 aromatic carbocycles. The van der Waals surface area contributed by atoms with Gasteiger partial charge in [-0.2, -0.15) is 5.10 Å². The predicted octanol–water partition coefficient (Wildman–Crippen LogP) is 4.96. The third-order valence-electron chi connectivity index (χ3n) is 6.65. The Hall–Kier alpha value is -4.57. The molecule has 0 aliphatic heterocycles. The molecular formula is C28H27FN8O. The average molecular weight is 511 g/mol. The lowest BCUT2D eigenvalue weighted by Gasteiger charge is -2.12. The van der Waals surface area contributed by atoms with Crippen LogP contribution in [0.25, 0.3) is 56.0 Å². The van der Waals surface area contributed by atoms with Crippen LogP contribution in [0.3, 0.4) is 0 Å². The highest BCUT2D eigenvalue weighted by atomic mass is 19.1. The predicted molar refractivity (Wildman–Crippen MR) is 145 cm³/mol. The van der Waals surface area contributed by atoms with E-state index in [1.54, 1.807) is 6.20 Å². The van der Waals surface area contributed by atoms with E-state index >= 15 is 0 Å². The molecule has 6 rings (SSSR count). The van der Waals surface area contributed by atoms with Crippen LogP contribution in [0.5, 0.6) is 5.75 Å². The Balaban J connectivity index is 1.41. The topological polar surface area (TPSA) is 101 Å². The number of likely N-dealkylation sites (N-methyl/N-ethyl adjacent to an activating group) is 1. The van der Waals surface area contributed by atoms with Gasteiger partial charge in [-0.3, -0.25) is 10.1 Å². The van der Waals surface area contributed by atoms with Gasteiger partial charge in [-0.1, -0.05) is 0 Å². The van der Waals surface area contributed by atoms with Crippen molar-refractivity contribution in [2.24, 2.45) is 7.05 Å². The molecule has 38 heavy (non-hydrogen) atoms. The molecule has 6 aromatic rings. The van der Waals surface area contributed by atoms with Gasteiger partial charge in [0.15, 0.2) is 0 Å². The van der Waals surface area contributed by atoms with Gasteiger partial charge >= 0.3 is 0 Å². The van der Waals surface area contributed by atoms with Gasteiger partial charge in [-0.15, -0.1) is 0 Å². The second-order valence-electron chi connectivity index (χ2n) is 9.55. The van der Waals surface area contributed by atoms with E-state index < -0.39 is 0 Å². The number of aromatic nitrogens is 7. The van der Waals surface area contributed by atoms with Gasteiger partial charge in [0.1, 0.15) is 35.2 Å². The molecule has 0 aliphatic rings. The zero-order valence-electron chi connectivity index (χ0n) is 21.6. The van der Waals surface area contributed by atoms with E-state index in [0.717, 1.165) is 51.4 Å². The smallest absolute Gasteiger partial charge is 0.135 e. The van der Waals surface area contributed by atoms with Crippen molar-refractivity contribution in [2.75, 3.05) is 27.2 Å². The molecule has 0 atom stereocenters. The maximum absolute atomic E-state index is 14.6. The summed E-state index contributed by atoms with van der Waals surface area (Å²) in [6.45, 7) is 3.15. The molecule has 2 N–H and O–H groups in total. The molecule has 0 amide bonds. The number of halogens is 1. The second kappa shape index (κ2) is 9.38. The summed E-state index contributed by atoms with van der Waals surface area (Å²) in [5.74, 6) is 1.00. The summed E-state index contributed by atoms with van der Waals surface area (Å²) in [4.78, 5) is 19.3. The number of imidazole rings is 1. The highest BCUT2D eigenvalue weighted by Crippen LogP contribution is 2.34. The number of H-pyrrole nitrogens is 2. The number of ether oxygens (including phenoxy) is 1. The third-order valence-corrected chi connectivity index (χ3v) is 6.65. The lowest BCUT2D eigenvalue weighted by molar-refractivity contribution is 0.260. The normalized spacial score (nSPS) is 11.7. The van der Waals surface area contributed by atoms with Gasteiger partial charge in [0.05, 0.1) is 34.5 Å². The van der Waals surface area contributed by atoms with Gasteiger partial charge in [0, 0.05) is 42.3 Å². The highest BCUT2D eigenvalue weighted by molar-refractivity contribution is 5.99. The summed E-state index contributed by atoms with van der Waals surface area (Å²) in [5.41, 5.74) is 6.92. The molecule has 0 spiro atoms. The first kappa shape index (κ1) is 23.8. The number of pyridine rings is 2. The number of hydrogen-bond donors (Lipinski definition) is 2. The van der Waals surface area contributed by atoms with Crippen LogP contribution < -0.4 is 4.74 Å². The Morgan fingerprint density at radius 1 is 1.03 bits per heavy atom. The molecule has 10 heteroatoms. The van der Waals surface area contributed by atoms with Crippen molar-refractivity contribution in [1.82, 2.24) is 39.6 Å². The van der Waals surface area contributed by atoms with Gasteiger partial charge in [0.25, 0.3) is 0 Å². The van der Waals surface area contributed by atoms with Gasteiger partial charge in [-0.25, -0.2) is 14.4 Å². The van der Waals surface area contributed by atoms with E-state index in [1.165, 1.54) is 12.1 Å². The minimum Gasteiger partial charge on any atom is -0.492 e. The van der Waals surface area contributed by atoms with Gasteiger partial charge in [0.2, 0.25) is 0 Å². The van der Waals surface area contributed by atoms with E-state index in [2.05, 4.69) is 25.1 Å². The quantitative estimate of drug-likeness (QED) is 0.315. The molecule has 0 aliphatic carbocycles. The number of rotatable bonds is 7. The standard InChI is InChI=1S/C28H27FN8O/c1-16-31-15-25(37(16)4)22-5-6-23-27(33-22)28(35-34-23)24-14-20-21(32-24)7-8-30-26(20)17-11-18(29)13-19(12-17)38-10-9-36(2)3/h5-8,11-15,32H,9-10H2,1-4H3,(H,34,35). The first-order valence-electron chi connectivity index (χ1n) is 12.3. The number of aryl methyl sites for hydroxylation is 1. The fraction of sp³-hybridized carbons (Fsp3) is 0.214. The molecule has 0 unspecified atom stereocenters. The molecule has 0 bridgehead atoms. The molecule has 0 fully saturated rings. The summed E-state index contributed by atoms with van der Waals surface area (Å²) in [6, 6.07) is 12.5. The van der Waals surface area contributed by atoms with E-state index in [4.69, 9.17) is 9.72 Å². The average Bonchev–Trinajstić information content (AvgIpc) is 3.59. The summed E-state index contributed by atoms with van der Waals surface area (Å²) >= 11 is 0. The van der Waals surface area contributed by atoms with Crippen molar-refractivity contribution in [3.8, 4) is 39.8 Å². The minimum atomic E-state index is -0.377. The number of aromatic amines is 2. The third kappa shape index (κ3) is 4.28. The zero-order chi connectivity index (χ0) is 26.4. The summed E-state index contributed by atoms with van der Waals surface area (Å²) < 4.78 is 22.4. The SMILES string of the molecule is Cc1ncc(-c2ccc3[nH]nc(-c4cc5c(-c6cc(F)cc(OCCN(C)C)c6)nccc5[nH]4)c3n2)n1C. The van der Waals surface area contributed by atoms with Crippen molar-refractivity contribution in [1.29, 1.82) is 0 Å². The Labute approximate surface area is 218 Å². The molecule has 0 radical (unpaired) electrons. The van der Waals surface area contributed by atoms with Crippen molar-refractivity contribution in [3.05, 3.63) is 66.5 Å². The van der Waals surface area contributed by atoms with E-state index in [1.807, 2.05) is 74.1 Å². The van der Waals surface area contributed by atoms with Crippen LogP contribution in [0.1, 0.15) is 5.82 Å². The number of benzene rings is 1. The number of nitrogens with one attached hydrogen (secondary N) is 2. The molecule has 192 valence electrons. The van der Waals surface area contributed by atoms with Crippen molar-refractivity contribution in [2.45, 2.75) is 6.92 Å². The summed E-state index contributed by atoms with van der Waals surface area (Å²) in [6.07, 6.45) is 3.53.